The molecule has 102 valence electrons. The highest BCUT2D eigenvalue weighted by molar-refractivity contribution is 5.62. The zero-order valence-electron chi connectivity index (χ0n) is 10.0. The Morgan fingerprint density at radius 2 is 1.85 bits per heavy atom. The number of aromatic nitrogens is 2. The van der Waals surface area contributed by atoms with E-state index in [0.717, 1.165) is 12.1 Å². The largest absolute Gasteiger partial charge is 0.416 e. The second-order valence-corrected chi connectivity index (χ2v) is 4.32. The minimum absolute atomic E-state index is 0.166. The van der Waals surface area contributed by atoms with Gasteiger partial charge in [0.15, 0.2) is 0 Å². The van der Waals surface area contributed by atoms with Gasteiger partial charge < -0.3 is 4.40 Å². The van der Waals surface area contributed by atoms with Gasteiger partial charge >= 0.3 is 6.18 Å². The summed E-state index contributed by atoms with van der Waals surface area (Å²) >= 11 is 0. The van der Waals surface area contributed by atoms with E-state index in [4.69, 9.17) is 0 Å². The average Bonchev–Trinajstić information content (AvgIpc) is 2.80. The summed E-state index contributed by atoms with van der Waals surface area (Å²) in [5.41, 5.74) is 0.339. The van der Waals surface area contributed by atoms with Crippen LogP contribution in [-0.4, -0.2) is 9.38 Å². The molecule has 0 aliphatic rings. The van der Waals surface area contributed by atoms with Crippen molar-refractivity contribution >= 4 is 5.65 Å². The Balaban J connectivity index is 2.11. The molecule has 0 bridgehead atoms. The quantitative estimate of drug-likeness (QED) is 0.612. The lowest BCUT2D eigenvalue weighted by Gasteiger charge is -2.05. The number of imidazole rings is 1. The summed E-state index contributed by atoms with van der Waals surface area (Å²) in [6.45, 7) is 0. The smallest absolute Gasteiger partial charge is 0.306 e. The van der Waals surface area contributed by atoms with E-state index in [1.54, 1.807) is 12.3 Å². The molecule has 6 heteroatoms. The third-order valence-corrected chi connectivity index (χ3v) is 2.91. The molecule has 3 rings (SSSR count). The van der Waals surface area contributed by atoms with Gasteiger partial charge in [0.1, 0.15) is 11.5 Å². The topological polar surface area (TPSA) is 17.3 Å². The van der Waals surface area contributed by atoms with Gasteiger partial charge in [0.2, 0.25) is 0 Å². The standard InChI is InChI=1S/C14H8F4N2/c15-11-3-1-2-9(6-11)12-8-20-5-4-10(14(16,17)18)7-13(20)19-12/h1-8H. The minimum Gasteiger partial charge on any atom is -0.306 e. The second-order valence-electron chi connectivity index (χ2n) is 4.32. The van der Waals surface area contributed by atoms with E-state index in [1.807, 2.05) is 0 Å². The number of benzene rings is 1. The van der Waals surface area contributed by atoms with Crippen LogP contribution in [0.15, 0.2) is 48.8 Å². The molecule has 0 N–H and O–H groups in total. The number of rotatable bonds is 1. The van der Waals surface area contributed by atoms with E-state index < -0.39 is 17.6 Å². The molecule has 0 fully saturated rings. The maximum absolute atomic E-state index is 13.1. The van der Waals surface area contributed by atoms with E-state index in [1.165, 1.54) is 28.8 Å². The van der Waals surface area contributed by atoms with Gasteiger partial charge in [-0.25, -0.2) is 9.37 Å². The third-order valence-electron chi connectivity index (χ3n) is 2.91. The number of fused-ring (bicyclic) bond motifs is 1. The monoisotopic (exact) mass is 280 g/mol. The molecule has 0 aliphatic heterocycles. The Morgan fingerprint density at radius 1 is 1.05 bits per heavy atom. The van der Waals surface area contributed by atoms with Gasteiger partial charge in [-0.1, -0.05) is 12.1 Å². The summed E-state index contributed by atoms with van der Waals surface area (Å²) in [6, 6.07) is 7.69. The molecule has 3 aromatic rings. The molecule has 0 radical (unpaired) electrons. The fourth-order valence-electron chi connectivity index (χ4n) is 1.95. The molecule has 20 heavy (non-hydrogen) atoms. The zero-order valence-corrected chi connectivity index (χ0v) is 10.0. The summed E-state index contributed by atoms with van der Waals surface area (Å²) in [6.07, 6.45) is -1.56. The normalized spacial score (nSPS) is 12.0. The SMILES string of the molecule is Fc1cccc(-c2cn3ccc(C(F)(F)F)cc3n2)c1. The first-order valence-electron chi connectivity index (χ1n) is 5.75. The van der Waals surface area contributed by atoms with Crippen LogP contribution in [-0.2, 0) is 6.18 Å². The number of alkyl halides is 3. The molecule has 0 spiro atoms. The van der Waals surface area contributed by atoms with Crippen LogP contribution in [0.2, 0.25) is 0 Å². The molecule has 0 amide bonds. The van der Waals surface area contributed by atoms with Gasteiger partial charge in [-0.2, -0.15) is 13.2 Å². The molecule has 2 aromatic heterocycles. The maximum Gasteiger partial charge on any atom is 0.416 e. The third kappa shape index (κ3) is 2.24. The molecule has 0 atom stereocenters. The van der Waals surface area contributed by atoms with E-state index >= 15 is 0 Å². The predicted molar refractivity (Wildman–Crippen MR) is 65.6 cm³/mol. The zero-order chi connectivity index (χ0) is 14.3. The van der Waals surface area contributed by atoms with Crippen LogP contribution in [0, 0.1) is 5.82 Å². The molecule has 2 nitrogen and oxygen atoms in total. The summed E-state index contributed by atoms with van der Waals surface area (Å²) in [5, 5.41) is 0. The van der Waals surface area contributed by atoms with Crippen molar-refractivity contribution in [3.05, 3.63) is 60.2 Å². The summed E-state index contributed by atoms with van der Waals surface area (Å²) in [5.74, 6) is -0.421. The van der Waals surface area contributed by atoms with E-state index in [9.17, 15) is 17.6 Å². The second kappa shape index (κ2) is 4.33. The average molecular weight is 280 g/mol. The van der Waals surface area contributed by atoms with Crippen LogP contribution in [0.5, 0.6) is 0 Å². The van der Waals surface area contributed by atoms with Gasteiger partial charge in [-0.05, 0) is 24.3 Å². The highest BCUT2D eigenvalue weighted by Gasteiger charge is 2.30. The highest BCUT2D eigenvalue weighted by atomic mass is 19.4. The molecule has 1 aromatic carbocycles. The Hall–Kier alpha value is -2.37. The molecule has 0 aliphatic carbocycles. The minimum atomic E-state index is -4.41. The number of pyridine rings is 1. The lowest BCUT2D eigenvalue weighted by Crippen LogP contribution is -2.05. The number of halogens is 4. The maximum atomic E-state index is 13.1. The van der Waals surface area contributed by atoms with Crippen LogP contribution in [0.25, 0.3) is 16.9 Å². The Kier molecular flexibility index (Phi) is 2.74. The van der Waals surface area contributed by atoms with Crippen LogP contribution < -0.4 is 0 Å². The Morgan fingerprint density at radius 3 is 2.55 bits per heavy atom. The Bertz CT molecular complexity index is 774. The van der Waals surface area contributed by atoms with Crippen molar-refractivity contribution in [2.45, 2.75) is 6.18 Å². The van der Waals surface area contributed by atoms with Crippen LogP contribution in [0.1, 0.15) is 5.56 Å². The van der Waals surface area contributed by atoms with Gasteiger partial charge in [-0.3, -0.25) is 0 Å². The van der Waals surface area contributed by atoms with Gasteiger partial charge in [-0.15, -0.1) is 0 Å². The van der Waals surface area contributed by atoms with Crippen LogP contribution in [0.3, 0.4) is 0 Å². The fourth-order valence-corrected chi connectivity index (χ4v) is 1.95. The first-order valence-corrected chi connectivity index (χ1v) is 5.75. The number of hydrogen-bond donors (Lipinski definition) is 0. The highest BCUT2D eigenvalue weighted by Crippen LogP contribution is 2.30. The van der Waals surface area contributed by atoms with Crippen molar-refractivity contribution in [2.75, 3.05) is 0 Å². The molecule has 0 saturated heterocycles. The summed E-state index contributed by atoms with van der Waals surface area (Å²) < 4.78 is 52.4. The summed E-state index contributed by atoms with van der Waals surface area (Å²) in [7, 11) is 0. The van der Waals surface area contributed by atoms with E-state index in [0.29, 0.717) is 11.3 Å². The fraction of sp³-hybridized carbons (Fsp3) is 0.0714. The van der Waals surface area contributed by atoms with Crippen molar-refractivity contribution < 1.29 is 17.6 Å². The Labute approximate surface area is 111 Å². The molecule has 2 heterocycles. The predicted octanol–water partition coefficient (Wildman–Crippen LogP) is 4.16. The van der Waals surface area contributed by atoms with E-state index in [2.05, 4.69) is 4.98 Å². The van der Waals surface area contributed by atoms with Crippen molar-refractivity contribution in [1.82, 2.24) is 9.38 Å². The van der Waals surface area contributed by atoms with Crippen LogP contribution in [0.4, 0.5) is 17.6 Å². The van der Waals surface area contributed by atoms with Crippen molar-refractivity contribution in [2.24, 2.45) is 0 Å². The lowest BCUT2D eigenvalue weighted by atomic mass is 10.2. The number of nitrogens with zero attached hydrogens (tertiary/aromatic N) is 2. The van der Waals surface area contributed by atoms with Crippen LogP contribution >= 0.6 is 0 Å². The molecule has 0 saturated carbocycles. The molecule has 0 unspecified atom stereocenters. The summed E-state index contributed by atoms with van der Waals surface area (Å²) in [4.78, 5) is 4.09. The first kappa shape index (κ1) is 12.7. The molecular formula is C14H8F4N2. The van der Waals surface area contributed by atoms with Gasteiger partial charge in [0.05, 0.1) is 11.3 Å². The van der Waals surface area contributed by atoms with Crippen molar-refractivity contribution in [3.8, 4) is 11.3 Å². The van der Waals surface area contributed by atoms with Gasteiger partial charge in [0, 0.05) is 18.0 Å². The first-order chi connectivity index (χ1) is 9.43. The van der Waals surface area contributed by atoms with Gasteiger partial charge in [0.25, 0.3) is 0 Å². The van der Waals surface area contributed by atoms with E-state index in [-0.39, 0.29) is 5.65 Å². The lowest BCUT2D eigenvalue weighted by molar-refractivity contribution is -0.137. The van der Waals surface area contributed by atoms with Crippen molar-refractivity contribution in [1.29, 1.82) is 0 Å². The molecular weight excluding hydrogens is 272 g/mol. The number of hydrogen-bond acceptors (Lipinski definition) is 1. The van der Waals surface area contributed by atoms with Crippen molar-refractivity contribution in [3.63, 3.8) is 0 Å².